The maximum absolute atomic E-state index is 12.9. The van der Waals surface area contributed by atoms with E-state index in [1.807, 2.05) is 48.5 Å². The number of aromatic nitrogens is 3. The summed E-state index contributed by atoms with van der Waals surface area (Å²) in [6.45, 7) is 6.83. The van der Waals surface area contributed by atoms with Gasteiger partial charge in [0.05, 0.1) is 18.2 Å². The van der Waals surface area contributed by atoms with E-state index in [4.69, 9.17) is 14.2 Å². The van der Waals surface area contributed by atoms with Crippen LogP contribution >= 0.6 is 11.3 Å². The van der Waals surface area contributed by atoms with Crippen LogP contribution < -0.4 is 24.3 Å². The molecule has 0 spiro atoms. The molecule has 2 heterocycles. The Balaban J connectivity index is 1.59. The van der Waals surface area contributed by atoms with Gasteiger partial charge in [-0.15, -0.1) is 5.10 Å². The molecule has 8 heteroatoms. The molecule has 2 aromatic heterocycles. The van der Waals surface area contributed by atoms with Crippen LogP contribution in [0.25, 0.3) is 22.4 Å². The van der Waals surface area contributed by atoms with Crippen molar-refractivity contribution in [3.8, 4) is 28.6 Å². The zero-order chi connectivity index (χ0) is 23.2. The van der Waals surface area contributed by atoms with Gasteiger partial charge in [0.1, 0.15) is 12.4 Å². The molecule has 170 valence electrons. The summed E-state index contributed by atoms with van der Waals surface area (Å²) in [5, 5.41) is 4.41. The highest BCUT2D eigenvalue weighted by atomic mass is 32.1. The average molecular weight is 464 g/mol. The summed E-state index contributed by atoms with van der Waals surface area (Å²) in [6, 6.07) is 13.0. The van der Waals surface area contributed by atoms with E-state index in [1.54, 1.807) is 13.2 Å². The third-order valence-corrected chi connectivity index (χ3v) is 5.86. The standard InChI is InChI=1S/C25H25N3O4S/c1-4-6-14-32-20-12-7-17(15-21(20)30-3)16-22-24(29)28-25(33-22)26-23(27-28)18-8-10-19(11-9-18)31-13-5-2/h5,7-12,15-16H,2,4,6,13-14H2,1,3H3/b22-16-. The van der Waals surface area contributed by atoms with E-state index in [2.05, 4.69) is 23.6 Å². The monoisotopic (exact) mass is 463 g/mol. The van der Waals surface area contributed by atoms with E-state index in [0.29, 0.717) is 40.0 Å². The van der Waals surface area contributed by atoms with Gasteiger partial charge in [-0.05, 0) is 54.5 Å². The van der Waals surface area contributed by atoms with Crippen molar-refractivity contribution in [2.45, 2.75) is 19.8 Å². The minimum Gasteiger partial charge on any atom is -0.493 e. The van der Waals surface area contributed by atoms with Crippen LogP contribution in [0.5, 0.6) is 17.2 Å². The van der Waals surface area contributed by atoms with Crippen LogP contribution in [0.15, 0.2) is 59.9 Å². The Kier molecular flexibility index (Phi) is 7.04. The Labute approximate surface area is 195 Å². The smallest absolute Gasteiger partial charge is 0.291 e. The highest BCUT2D eigenvalue weighted by molar-refractivity contribution is 7.15. The number of ether oxygens (including phenoxy) is 3. The first-order valence-corrected chi connectivity index (χ1v) is 11.5. The molecule has 0 amide bonds. The quantitative estimate of drug-likeness (QED) is 0.260. The van der Waals surface area contributed by atoms with Crippen molar-refractivity contribution in [1.29, 1.82) is 0 Å². The fourth-order valence-electron chi connectivity index (χ4n) is 3.18. The molecule has 0 N–H and O–H groups in total. The number of fused-ring (bicyclic) bond motifs is 1. The summed E-state index contributed by atoms with van der Waals surface area (Å²) in [5.74, 6) is 2.56. The van der Waals surface area contributed by atoms with Crippen molar-refractivity contribution in [2.24, 2.45) is 0 Å². The van der Waals surface area contributed by atoms with Gasteiger partial charge in [-0.2, -0.15) is 9.50 Å². The first-order valence-electron chi connectivity index (χ1n) is 10.7. The SMILES string of the molecule is C=CCOc1ccc(-c2nc3s/c(=C\c4ccc(OCCCC)c(OC)c4)c(=O)n3n2)cc1. The highest BCUT2D eigenvalue weighted by Crippen LogP contribution is 2.28. The van der Waals surface area contributed by atoms with Crippen molar-refractivity contribution < 1.29 is 14.2 Å². The van der Waals surface area contributed by atoms with E-state index < -0.39 is 0 Å². The Morgan fingerprint density at radius 1 is 1.12 bits per heavy atom. The van der Waals surface area contributed by atoms with E-state index in [1.165, 1.54) is 15.9 Å². The zero-order valence-corrected chi connectivity index (χ0v) is 19.4. The Bertz CT molecular complexity index is 1360. The molecule has 0 aliphatic heterocycles. The second-order valence-corrected chi connectivity index (χ2v) is 8.29. The lowest BCUT2D eigenvalue weighted by Gasteiger charge is -2.10. The largest absolute Gasteiger partial charge is 0.493 e. The normalized spacial score (nSPS) is 11.6. The Morgan fingerprint density at radius 3 is 2.64 bits per heavy atom. The lowest BCUT2D eigenvalue weighted by atomic mass is 10.2. The van der Waals surface area contributed by atoms with E-state index in [9.17, 15) is 4.79 Å². The molecular formula is C25H25N3O4S. The van der Waals surface area contributed by atoms with Crippen LogP contribution in [0, 0.1) is 0 Å². The van der Waals surface area contributed by atoms with Crippen molar-refractivity contribution in [2.75, 3.05) is 20.3 Å². The van der Waals surface area contributed by atoms with E-state index in [-0.39, 0.29) is 5.56 Å². The van der Waals surface area contributed by atoms with Gasteiger partial charge < -0.3 is 14.2 Å². The van der Waals surface area contributed by atoms with Crippen LogP contribution in [-0.2, 0) is 0 Å². The fourth-order valence-corrected chi connectivity index (χ4v) is 4.09. The molecule has 0 unspecified atom stereocenters. The molecule has 0 fully saturated rings. The van der Waals surface area contributed by atoms with Crippen molar-refractivity contribution >= 4 is 22.4 Å². The molecule has 0 radical (unpaired) electrons. The first-order chi connectivity index (χ1) is 16.1. The predicted molar refractivity (Wildman–Crippen MR) is 130 cm³/mol. The van der Waals surface area contributed by atoms with E-state index in [0.717, 1.165) is 29.7 Å². The summed E-state index contributed by atoms with van der Waals surface area (Å²) < 4.78 is 18.6. The minimum absolute atomic E-state index is 0.207. The van der Waals surface area contributed by atoms with Crippen molar-refractivity contribution in [3.63, 3.8) is 0 Å². The number of rotatable bonds is 10. The number of unbranched alkanes of at least 4 members (excludes halogenated alkanes) is 1. The molecule has 0 saturated carbocycles. The highest BCUT2D eigenvalue weighted by Gasteiger charge is 2.13. The predicted octanol–water partition coefficient (Wildman–Crippen LogP) is 4.12. The second-order valence-electron chi connectivity index (χ2n) is 7.28. The molecule has 4 aromatic rings. The minimum atomic E-state index is -0.207. The topological polar surface area (TPSA) is 75.0 Å². The van der Waals surface area contributed by atoms with Crippen LogP contribution in [0.1, 0.15) is 25.3 Å². The molecule has 0 bridgehead atoms. The fraction of sp³-hybridized carbons (Fsp3) is 0.240. The van der Waals surface area contributed by atoms with Gasteiger partial charge in [-0.3, -0.25) is 4.79 Å². The number of benzene rings is 2. The van der Waals surface area contributed by atoms with Gasteiger partial charge in [-0.25, -0.2) is 0 Å². The van der Waals surface area contributed by atoms with Crippen LogP contribution in [0.4, 0.5) is 0 Å². The Hall–Kier alpha value is -3.65. The second kappa shape index (κ2) is 10.3. The number of methoxy groups -OCH3 is 1. The molecule has 4 rings (SSSR count). The molecular weight excluding hydrogens is 438 g/mol. The summed E-state index contributed by atoms with van der Waals surface area (Å²) in [5.41, 5.74) is 1.44. The van der Waals surface area contributed by atoms with Gasteiger partial charge in [0.15, 0.2) is 17.3 Å². The molecule has 2 aromatic carbocycles. The summed E-state index contributed by atoms with van der Waals surface area (Å²) in [4.78, 5) is 18.0. The summed E-state index contributed by atoms with van der Waals surface area (Å²) in [6.07, 6.45) is 5.54. The van der Waals surface area contributed by atoms with Crippen LogP contribution in [0.2, 0.25) is 0 Å². The Morgan fingerprint density at radius 2 is 1.94 bits per heavy atom. The van der Waals surface area contributed by atoms with Gasteiger partial charge in [0.2, 0.25) is 4.96 Å². The van der Waals surface area contributed by atoms with Gasteiger partial charge in [0, 0.05) is 5.56 Å². The lowest BCUT2D eigenvalue weighted by Crippen LogP contribution is -2.23. The zero-order valence-electron chi connectivity index (χ0n) is 18.6. The van der Waals surface area contributed by atoms with E-state index >= 15 is 0 Å². The number of hydrogen-bond acceptors (Lipinski definition) is 7. The molecule has 0 aliphatic carbocycles. The van der Waals surface area contributed by atoms with Crippen LogP contribution in [0.3, 0.4) is 0 Å². The summed E-state index contributed by atoms with van der Waals surface area (Å²) >= 11 is 1.30. The maximum atomic E-state index is 12.9. The number of thiazole rings is 1. The van der Waals surface area contributed by atoms with Gasteiger partial charge in [0.25, 0.3) is 5.56 Å². The molecule has 33 heavy (non-hydrogen) atoms. The number of hydrogen-bond donors (Lipinski definition) is 0. The first kappa shape index (κ1) is 22.5. The average Bonchev–Trinajstić information content (AvgIpc) is 3.38. The molecule has 0 atom stereocenters. The third-order valence-electron chi connectivity index (χ3n) is 4.90. The maximum Gasteiger partial charge on any atom is 0.291 e. The number of nitrogens with zero attached hydrogens (tertiary/aromatic N) is 3. The van der Waals surface area contributed by atoms with Crippen molar-refractivity contribution in [1.82, 2.24) is 14.6 Å². The third kappa shape index (κ3) is 5.06. The molecule has 0 saturated heterocycles. The van der Waals surface area contributed by atoms with Gasteiger partial charge in [-0.1, -0.05) is 43.4 Å². The molecule has 0 aliphatic rings. The summed E-state index contributed by atoms with van der Waals surface area (Å²) in [7, 11) is 1.60. The van der Waals surface area contributed by atoms with Gasteiger partial charge >= 0.3 is 0 Å². The molecule has 7 nitrogen and oxygen atoms in total. The van der Waals surface area contributed by atoms with Crippen LogP contribution in [-0.4, -0.2) is 34.9 Å². The van der Waals surface area contributed by atoms with Crippen molar-refractivity contribution in [3.05, 3.63) is 75.6 Å². The lowest BCUT2D eigenvalue weighted by molar-refractivity contribution is 0.288.